The highest BCUT2D eigenvalue weighted by Gasteiger charge is 2.18. The maximum Gasteiger partial charge on any atom is 0.230 e. The molecule has 1 saturated carbocycles. The molecule has 1 N–H and O–H groups in total. The van der Waals surface area contributed by atoms with Gasteiger partial charge < -0.3 is 10.1 Å². The van der Waals surface area contributed by atoms with E-state index in [-0.39, 0.29) is 5.91 Å². The van der Waals surface area contributed by atoms with E-state index in [2.05, 4.69) is 25.6 Å². The number of ether oxygens (including phenoxy) is 1. The second kappa shape index (κ2) is 8.55. The molecule has 0 atom stereocenters. The third-order valence-electron chi connectivity index (χ3n) is 4.81. The van der Waals surface area contributed by atoms with Crippen LogP contribution in [0, 0.1) is 0 Å². The summed E-state index contributed by atoms with van der Waals surface area (Å²) in [6, 6.07) is 7.82. The molecule has 1 aromatic carbocycles. The molecule has 1 aliphatic rings. The molecule has 4 rings (SSSR count). The lowest BCUT2D eigenvalue weighted by molar-refractivity contribution is -0.119. The minimum Gasteiger partial charge on any atom is -0.497 e. The van der Waals surface area contributed by atoms with Gasteiger partial charge in [-0.25, -0.2) is 9.97 Å². The smallest absolute Gasteiger partial charge is 0.230 e. The summed E-state index contributed by atoms with van der Waals surface area (Å²) in [5.41, 5.74) is 1.98. The van der Waals surface area contributed by atoms with Crippen molar-refractivity contribution >= 4 is 28.8 Å². The number of amides is 1. The average molecular weight is 398 g/mol. The highest BCUT2D eigenvalue weighted by molar-refractivity contribution is 8.00. The van der Waals surface area contributed by atoms with Crippen molar-refractivity contribution in [1.82, 2.24) is 30.3 Å². The van der Waals surface area contributed by atoms with Gasteiger partial charge in [0, 0.05) is 12.1 Å². The third-order valence-corrected chi connectivity index (χ3v) is 5.79. The predicted molar refractivity (Wildman–Crippen MR) is 107 cm³/mol. The van der Waals surface area contributed by atoms with Gasteiger partial charge in [0.15, 0.2) is 11.2 Å². The number of carbonyl (C=O) groups excluding carboxylic acids is 1. The van der Waals surface area contributed by atoms with Crippen molar-refractivity contribution in [2.24, 2.45) is 0 Å². The summed E-state index contributed by atoms with van der Waals surface area (Å²) in [6.07, 6.45) is 7.27. The molecular formula is C19H22N6O2S. The Hall–Kier alpha value is -2.68. The molecule has 28 heavy (non-hydrogen) atoms. The van der Waals surface area contributed by atoms with Crippen LogP contribution in [0.4, 0.5) is 0 Å². The van der Waals surface area contributed by atoms with Crippen LogP contribution in [0.1, 0.15) is 32.1 Å². The first-order chi connectivity index (χ1) is 13.7. The fourth-order valence-electron chi connectivity index (χ4n) is 3.40. The zero-order valence-electron chi connectivity index (χ0n) is 15.7. The van der Waals surface area contributed by atoms with E-state index in [0.717, 1.165) is 24.3 Å². The van der Waals surface area contributed by atoms with E-state index < -0.39 is 0 Å². The van der Waals surface area contributed by atoms with E-state index in [1.54, 1.807) is 11.8 Å². The second-order valence-electron chi connectivity index (χ2n) is 6.74. The molecule has 3 aromatic rings. The predicted octanol–water partition coefficient (Wildman–Crippen LogP) is 2.76. The fraction of sp³-hybridized carbons (Fsp3) is 0.421. The monoisotopic (exact) mass is 398 g/mol. The first kappa shape index (κ1) is 18.7. The molecule has 0 radical (unpaired) electrons. The lowest BCUT2D eigenvalue weighted by Crippen LogP contribution is -2.37. The van der Waals surface area contributed by atoms with Crippen molar-refractivity contribution in [3.8, 4) is 11.4 Å². The topological polar surface area (TPSA) is 94.8 Å². The first-order valence-corrected chi connectivity index (χ1v) is 10.4. The van der Waals surface area contributed by atoms with Crippen molar-refractivity contribution in [3.63, 3.8) is 0 Å². The lowest BCUT2D eigenvalue weighted by atomic mass is 9.95. The summed E-state index contributed by atoms with van der Waals surface area (Å²) in [4.78, 5) is 20.9. The molecule has 2 heterocycles. The summed E-state index contributed by atoms with van der Waals surface area (Å²) in [6.45, 7) is 0. The van der Waals surface area contributed by atoms with Gasteiger partial charge in [0.05, 0.1) is 18.6 Å². The number of benzene rings is 1. The maximum absolute atomic E-state index is 12.3. The Kier molecular flexibility index (Phi) is 5.70. The van der Waals surface area contributed by atoms with E-state index >= 15 is 0 Å². The number of methoxy groups -OCH3 is 1. The Labute approximate surface area is 167 Å². The van der Waals surface area contributed by atoms with Crippen LogP contribution in [0.15, 0.2) is 35.6 Å². The van der Waals surface area contributed by atoms with E-state index in [0.29, 0.717) is 28.0 Å². The van der Waals surface area contributed by atoms with E-state index in [9.17, 15) is 4.79 Å². The Morgan fingerprint density at radius 3 is 2.96 bits per heavy atom. The molecule has 1 amide bonds. The minimum atomic E-state index is 0.0313. The number of aromatic nitrogens is 5. The number of thioether (sulfide) groups is 1. The van der Waals surface area contributed by atoms with Crippen molar-refractivity contribution in [1.29, 1.82) is 0 Å². The summed E-state index contributed by atoms with van der Waals surface area (Å²) in [5.74, 6) is 1.06. The van der Waals surface area contributed by atoms with Gasteiger partial charge in [-0.1, -0.05) is 42.3 Å². The normalized spacial score (nSPS) is 14.9. The summed E-state index contributed by atoms with van der Waals surface area (Å²) >= 11 is 1.36. The number of hydrogen-bond donors (Lipinski definition) is 1. The fourth-order valence-corrected chi connectivity index (χ4v) is 4.14. The summed E-state index contributed by atoms with van der Waals surface area (Å²) in [7, 11) is 1.62. The number of carbonyl (C=O) groups is 1. The molecule has 0 saturated heterocycles. The van der Waals surface area contributed by atoms with Crippen molar-refractivity contribution in [3.05, 3.63) is 30.6 Å². The van der Waals surface area contributed by atoms with Crippen LogP contribution in [0.2, 0.25) is 0 Å². The maximum atomic E-state index is 12.3. The largest absolute Gasteiger partial charge is 0.497 e. The van der Waals surface area contributed by atoms with Crippen molar-refractivity contribution < 1.29 is 9.53 Å². The van der Waals surface area contributed by atoms with Crippen LogP contribution in [-0.2, 0) is 4.79 Å². The molecule has 1 aliphatic carbocycles. The van der Waals surface area contributed by atoms with Gasteiger partial charge in [-0.15, -0.1) is 5.10 Å². The number of fused-ring (bicyclic) bond motifs is 1. The lowest BCUT2D eigenvalue weighted by Gasteiger charge is -2.22. The van der Waals surface area contributed by atoms with E-state index in [1.807, 2.05) is 24.3 Å². The molecule has 0 spiro atoms. The molecular weight excluding hydrogens is 376 g/mol. The molecule has 8 nitrogen and oxygen atoms in total. The molecule has 9 heteroatoms. The molecule has 1 fully saturated rings. The van der Waals surface area contributed by atoms with Gasteiger partial charge in [0.2, 0.25) is 5.91 Å². The van der Waals surface area contributed by atoms with E-state index in [4.69, 9.17) is 4.74 Å². The number of nitrogens with zero attached hydrogens (tertiary/aromatic N) is 5. The minimum absolute atomic E-state index is 0.0313. The van der Waals surface area contributed by atoms with Crippen molar-refractivity contribution in [2.75, 3.05) is 12.9 Å². The van der Waals surface area contributed by atoms with E-state index in [1.165, 1.54) is 37.4 Å². The molecule has 0 bridgehead atoms. The van der Waals surface area contributed by atoms with Crippen LogP contribution in [0.5, 0.6) is 5.75 Å². The SMILES string of the molecule is COc1cccc(-n2nnc3c(SCC(=O)NC4CCCCC4)ncnc32)c1. The van der Waals surface area contributed by atoms with Gasteiger partial charge in [0.25, 0.3) is 0 Å². The number of nitrogens with one attached hydrogen (secondary N) is 1. The molecule has 146 valence electrons. The van der Waals surface area contributed by atoms with Crippen LogP contribution < -0.4 is 10.1 Å². The standard InChI is InChI=1S/C19H22N6O2S/c1-27-15-9-5-8-14(10-15)25-18-17(23-24-25)19(21-12-20-18)28-11-16(26)22-13-6-3-2-4-7-13/h5,8-10,12-13H,2-4,6-7,11H2,1H3,(H,22,26). The van der Waals surface area contributed by atoms with Gasteiger partial charge in [-0.3, -0.25) is 4.79 Å². The molecule has 0 aliphatic heterocycles. The zero-order valence-corrected chi connectivity index (χ0v) is 16.5. The second-order valence-corrected chi connectivity index (χ2v) is 7.71. The summed E-state index contributed by atoms with van der Waals surface area (Å²) < 4.78 is 6.92. The molecule has 0 unspecified atom stereocenters. The zero-order chi connectivity index (χ0) is 19.3. The Morgan fingerprint density at radius 1 is 1.29 bits per heavy atom. The van der Waals surface area contributed by atoms with Crippen LogP contribution in [-0.4, -0.2) is 49.8 Å². The Balaban J connectivity index is 1.49. The molecule has 2 aromatic heterocycles. The third kappa shape index (κ3) is 4.09. The summed E-state index contributed by atoms with van der Waals surface area (Å²) in [5, 5.41) is 12.2. The van der Waals surface area contributed by atoms with Crippen molar-refractivity contribution in [2.45, 2.75) is 43.2 Å². The van der Waals surface area contributed by atoms with Crippen LogP contribution in [0.25, 0.3) is 16.9 Å². The Morgan fingerprint density at radius 2 is 2.14 bits per heavy atom. The highest BCUT2D eigenvalue weighted by atomic mass is 32.2. The average Bonchev–Trinajstić information content (AvgIpc) is 3.18. The van der Waals surface area contributed by atoms with Gasteiger partial charge in [-0.05, 0) is 25.0 Å². The highest BCUT2D eigenvalue weighted by Crippen LogP contribution is 2.25. The quantitative estimate of drug-likeness (QED) is 0.504. The van der Waals surface area contributed by atoms with Gasteiger partial charge in [0.1, 0.15) is 17.1 Å². The van der Waals surface area contributed by atoms with Gasteiger partial charge in [-0.2, -0.15) is 4.68 Å². The first-order valence-electron chi connectivity index (χ1n) is 9.37. The number of rotatable bonds is 6. The van der Waals surface area contributed by atoms with Crippen LogP contribution in [0.3, 0.4) is 0 Å². The van der Waals surface area contributed by atoms with Crippen LogP contribution >= 0.6 is 11.8 Å². The van der Waals surface area contributed by atoms with Gasteiger partial charge >= 0.3 is 0 Å². The Bertz CT molecular complexity index is 970. The number of hydrogen-bond acceptors (Lipinski definition) is 7.